The molecule has 0 spiro atoms. The zero-order chi connectivity index (χ0) is 22.9. The molecule has 0 aliphatic carbocycles. The van der Waals surface area contributed by atoms with E-state index in [1.807, 2.05) is 0 Å². The molecule has 32 heavy (non-hydrogen) atoms. The van der Waals surface area contributed by atoms with Crippen molar-refractivity contribution in [2.24, 2.45) is 0 Å². The highest BCUT2D eigenvalue weighted by Crippen LogP contribution is 2.26. The van der Waals surface area contributed by atoms with Crippen molar-refractivity contribution in [3.05, 3.63) is 94.0 Å². The van der Waals surface area contributed by atoms with Crippen molar-refractivity contribution < 1.29 is 19.2 Å². The maximum atomic E-state index is 12.3. The van der Waals surface area contributed by atoms with Gasteiger partial charge in [-0.3, -0.25) is 14.9 Å². The van der Waals surface area contributed by atoms with Gasteiger partial charge in [-0.1, -0.05) is 30.3 Å². The molecular formula is C24H19N3O5. The van der Waals surface area contributed by atoms with Crippen LogP contribution in [0.1, 0.15) is 11.1 Å². The van der Waals surface area contributed by atoms with Crippen LogP contribution in [-0.2, 0) is 4.79 Å². The van der Waals surface area contributed by atoms with E-state index < -0.39 is 4.92 Å². The molecule has 1 amide bonds. The quantitative estimate of drug-likeness (QED) is 0.241. The highest BCUT2D eigenvalue weighted by atomic mass is 16.6. The number of amides is 1. The van der Waals surface area contributed by atoms with E-state index in [1.165, 1.54) is 31.4 Å². The summed E-state index contributed by atoms with van der Waals surface area (Å²) >= 11 is 0. The van der Waals surface area contributed by atoms with Gasteiger partial charge in [-0.15, -0.1) is 0 Å². The van der Waals surface area contributed by atoms with Crippen LogP contribution in [0.2, 0.25) is 0 Å². The summed E-state index contributed by atoms with van der Waals surface area (Å²) in [5, 5.41) is 23.1. The molecule has 0 radical (unpaired) electrons. The molecule has 8 heteroatoms. The number of hydrogen-bond acceptors (Lipinski definition) is 6. The van der Waals surface area contributed by atoms with E-state index in [-0.39, 0.29) is 18.2 Å². The van der Waals surface area contributed by atoms with Crippen LogP contribution in [0.4, 0.5) is 11.4 Å². The van der Waals surface area contributed by atoms with Gasteiger partial charge in [0.15, 0.2) is 6.61 Å². The fraction of sp³-hybridized carbons (Fsp3) is 0.0833. The van der Waals surface area contributed by atoms with Gasteiger partial charge in [-0.25, -0.2) is 0 Å². The van der Waals surface area contributed by atoms with Gasteiger partial charge < -0.3 is 14.8 Å². The Labute approximate surface area is 184 Å². The van der Waals surface area contributed by atoms with Crippen LogP contribution >= 0.6 is 0 Å². The second kappa shape index (κ2) is 10.4. The number of carbonyl (C=O) groups is 1. The number of benzene rings is 3. The van der Waals surface area contributed by atoms with Gasteiger partial charge in [-0.2, -0.15) is 5.26 Å². The number of non-ortho nitro benzene ring substituents is 1. The van der Waals surface area contributed by atoms with Crippen molar-refractivity contribution in [1.82, 2.24) is 0 Å². The molecule has 0 saturated heterocycles. The monoisotopic (exact) mass is 429 g/mol. The first-order chi connectivity index (χ1) is 15.5. The molecule has 0 heterocycles. The van der Waals surface area contributed by atoms with Crippen molar-refractivity contribution >= 4 is 28.9 Å². The summed E-state index contributed by atoms with van der Waals surface area (Å²) in [4.78, 5) is 22.7. The van der Waals surface area contributed by atoms with Gasteiger partial charge >= 0.3 is 0 Å². The molecule has 3 aromatic carbocycles. The Morgan fingerprint density at radius 3 is 2.38 bits per heavy atom. The Kier molecular flexibility index (Phi) is 7.17. The minimum atomic E-state index is -0.501. The Bertz CT molecular complexity index is 1200. The fourth-order valence-electron chi connectivity index (χ4n) is 2.91. The first-order valence-electron chi connectivity index (χ1n) is 9.53. The third kappa shape index (κ3) is 5.49. The molecule has 3 rings (SSSR count). The summed E-state index contributed by atoms with van der Waals surface area (Å²) in [5.74, 6) is 0.576. The predicted octanol–water partition coefficient (Wildman–Crippen LogP) is 4.69. The number of methoxy groups -OCH3 is 1. The maximum absolute atomic E-state index is 12.3. The third-order valence-electron chi connectivity index (χ3n) is 4.47. The van der Waals surface area contributed by atoms with E-state index in [9.17, 15) is 20.2 Å². The number of hydrogen-bond donors (Lipinski definition) is 1. The second-order valence-electron chi connectivity index (χ2n) is 6.55. The summed E-state index contributed by atoms with van der Waals surface area (Å²) in [5.41, 5.74) is 1.89. The summed E-state index contributed by atoms with van der Waals surface area (Å²) in [6.45, 7) is -0.248. The van der Waals surface area contributed by atoms with Crippen LogP contribution in [0.3, 0.4) is 0 Å². The molecule has 0 fully saturated rings. The molecule has 0 saturated carbocycles. The van der Waals surface area contributed by atoms with Crippen LogP contribution in [0, 0.1) is 21.4 Å². The van der Waals surface area contributed by atoms with Crippen LogP contribution < -0.4 is 14.8 Å². The number of para-hydroxylation sites is 3. The van der Waals surface area contributed by atoms with Crippen molar-refractivity contribution in [3.63, 3.8) is 0 Å². The number of nitriles is 1. The first kappa shape index (κ1) is 22.1. The number of nitrogens with zero attached hydrogens (tertiary/aromatic N) is 2. The molecular weight excluding hydrogens is 410 g/mol. The molecule has 160 valence electrons. The number of ether oxygens (including phenoxy) is 2. The number of carbonyl (C=O) groups excluding carboxylic acids is 1. The summed E-state index contributed by atoms with van der Waals surface area (Å²) in [6, 6.07) is 21.8. The molecule has 1 N–H and O–H groups in total. The second-order valence-corrected chi connectivity index (χ2v) is 6.55. The van der Waals surface area contributed by atoms with E-state index in [2.05, 4.69) is 11.4 Å². The van der Waals surface area contributed by atoms with Gasteiger partial charge in [0.05, 0.1) is 29.4 Å². The van der Waals surface area contributed by atoms with Gasteiger partial charge in [0.2, 0.25) is 0 Å². The molecule has 0 aliphatic rings. The Morgan fingerprint density at radius 1 is 1.06 bits per heavy atom. The van der Waals surface area contributed by atoms with E-state index >= 15 is 0 Å². The Morgan fingerprint density at radius 2 is 1.72 bits per heavy atom. The molecule has 0 atom stereocenters. The molecule has 8 nitrogen and oxygen atoms in total. The summed E-state index contributed by atoms with van der Waals surface area (Å²) in [7, 11) is 1.52. The normalized spacial score (nSPS) is 10.7. The van der Waals surface area contributed by atoms with Crippen molar-refractivity contribution in [2.45, 2.75) is 0 Å². The average molecular weight is 429 g/mol. The number of nitro groups is 1. The molecule has 0 unspecified atom stereocenters. The predicted molar refractivity (Wildman–Crippen MR) is 120 cm³/mol. The van der Waals surface area contributed by atoms with Crippen molar-refractivity contribution in [1.29, 1.82) is 5.26 Å². The van der Waals surface area contributed by atoms with Gasteiger partial charge in [0, 0.05) is 17.7 Å². The minimum Gasteiger partial charge on any atom is -0.495 e. The van der Waals surface area contributed by atoms with E-state index in [1.54, 1.807) is 54.6 Å². The smallest absolute Gasteiger partial charge is 0.269 e. The van der Waals surface area contributed by atoms with Gasteiger partial charge in [0.25, 0.3) is 11.6 Å². The Balaban J connectivity index is 1.75. The molecule has 0 bridgehead atoms. The zero-order valence-corrected chi connectivity index (χ0v) is 17.1. The average Bonchev–Trinajstić information content (AvgIpc) is 2.82. The van der Waals surface area contributed by atoms with E-state index in [0.29, 0.717) is 33.9 Å². The van der Waals surface area contributed by atoms with Crippen LogP contribution in [0.15, 0.2) is 72.8 Å². The lowest BCUT2D eigenvalue weighted by molar-refractivity contribution is -0.384. The maximum Gasteiger partial charge on any atom is 0.269 e. The van der Waals surface area contributed by atoms with Crippen molar-refractivity contribution in [2.75, 3.05) is 19.0 Å². The molecule has 0 aliphatic heterocycles. The lowest BCUT2D eigenvalue weighted by Gasteiger charge is -2.12. The van der Waals surface area contributed by atoms with E-state index in [0.717, 1.165) is 0 Å². The SMILES string of the molecule is COc1ccccc1NC(=O)COc1ccccc1C=C(C#N)c1ccc([N+](=O)[O-])cc1. The lowest BCUT2D eigenvalue weighted by atomic mass is 10.0. The third-order valence-corrected chi connectivity index (χ3v) is 4.47. The van der Waals surface area contributed by atoms with E-state index in [4.69, 9.17) is 9.47 Å². The number of allylic oxidation sites excluding steroid dienone is 1. The lowest BCUT2D eigenvalue weighted by Crippen LogP contribution is -2.20. The molecule has 0 aromatic heterocycles. The standard InChI is InChI=1S/C24H19N3O5/c1-31-23-9-5-3-7-21(23)26-24(28)16-32-22-8-4-2-6-18(22)14-19(15-25)17-10-12-20(13-11-17)27(29)30/h2-14H,16H2,1H3,(H,26,28). The molecule has 3 aromatic rings. The largest absolute Gasteiger partial charge is 0.495 e. The van der Waals surface area contributed by atoms with Crippen LogP contribution in [0.25, 0.3) is 11.6 Å². The highest BCUT2D eigenvalue weighted by Gasteiger charge is 2.11. The first-order valence-corrected chi connectivity index (χ1v) is 9.53. The highest BCUT2D eigenvalue weighted by molar-refractivity contribution is 5.94. The number of nitrogens with one attached hydrogen (secondary N) is 1. The number of nitro benzene ring substituents is 1. The summed E-state index contributed by atoms with van der Waals surface area (Å²) in [6.07, 6.45) is 1.61. The summed E-state index contributed by atoms with van der Waals surface area (Å²) < 4.78 is 10.9. The van der Waals surface area contributed by atoms with Crippen LogP contribution in [-0.4, -0.2) is 24.5 Å². The fourth-order valence-corrected chi connectivity index (χ4v) is 2.91. The van der Waals surface area contributed by atoms with Gasteiger partial charge in [-0.05, 0) is 42.0 Å². The number of anilines is 1. The van der Waals surface area contributed by atoms with Crippen LogP contribution in [0.5, 0.6) is 11.5 Å². The number of rotatable bonds is 8. The Hall–Kier alpha value is -4.64. The van der Waals surface area contributed by atoms with Gasteiger partial charge in [0.1, 0.15) is 11.5 Å². The zero-order valence-electron chi connectivity index (χ0n) is 17.1. The minimum absolute atomic E-state index is 0.0594. The van der Waals surface area contributed by atoms with Crippen molar-refractivity contribution in [3.8, 4) is 17.6 Å². The topological polar surface area (TPSA) is 114 Å².